The monoisotopic (exact) mass is 252 g/mol. The molecule has 0 amide bonds. The van der Waals surface area contributed by atoms with Crippen LogP contribution in [0.5, 0.6) is 0 Å². The van der Waals surface area contributed by atoms with Crippen molar-refractivity contribution in [1.29, 1.82) is 0 Å². The molecular formula is C7H13AsO5. The van der Waals surface area contributed by atoms with Crippen LogP contribution in [0.2, 0.25) is 16.6 Å². The van der Waals surface area contributed by atoms with Gasteiger partial charge in [0, 0.05) is 0 Å². The Morgan fingerprint density at radius 3 is 2.31 bits per heavy atom. The Labute approximate surface area is 78.4 Å². The van der Waals surface area contributed by atoms with Crippen LogP contribution in [0.4, 0.5) is 0 Å². The van der Waals surface area contributed by atoms with Gasteiger partial charge in [-0.15, -0.1) is 0 Å². The summed E-state index contributed by atoms with van der Waals surface area (Å²) in [6.45, 7) is 0. The summed E-state index contributed by atoms with van der Waals surface area (Å²) >= 11 is -2.94. The van der Waals surface area contributed by atoms with Gasteiger partial charge in [-0.3, -0.25) is 0 Å². The van der Waals surface area contributed by atoms with E-state index in [-0.39, 0.29) is 5.21 Å². The van der Waals surface area contributed by atoms with Crippen molar-refractivity contribution in [3.63, 3.8) is 0 Å². The molecule has 1 fully saturated rings. The topological polar surface area (TPSA) is 83.8 Å². The summed E-state index contributed by atoms with van der Waals surface area (Å²) in [6, 6.07) is 0. The second-order valence-corrected chi connectivity index (χ2v) is 11.0. The third-order valence-corrected chi connectivity index (χ3v) is 4.43. The average molecular weight is 252 g/mol. The fraction of sp³-hybridized carbons (Fsp3) is 0.857. The van der Waals surface area contributed by atoms with Crippen LogP contribution < -0.4 is 0 Å². The molecule has 0 aliphatic carbocycles. The van der Waals surface area contributed by atoms with Crippen molar-refractivity contribution in [2.75, 3.05) is 0 Å². The van der Waals surface area contributed by atoms with E-state index in [2.05, 4.69) is 4.74 Å². The number of rotatable bonds is 2. The molecule has 6 heteroatoms. The van der Waals surface area contributed by atoms with Gasteiger partial charge in [-0.05, 0) is 0 Å². The first kappa shape index (κ1) is 10.8. The zero-order valence-electron chi connectivity index (χ0n) is 7.51. The molecule has 1 saturated heterocycles. The van der Waals surface area contributed by atoms with E-state index in [1.165, 1.54) is 0 Å². The van der Waals surface area contributed by atoms with Crippen LogP contribution in [-0.4, -0.2) is 48.0 Å². The first-order chi connectivity index (χ1) is 5.81. The maximum atomic E-state index is 11.4. The first-order valence-electron chi connectivity index (χ1n) is 3.92. The molecule has 0 radical (unpaired) electrons. The number of aliphatic hydroxyl groups excluding tert-OH is 2. The van der Waals surface area contributed by atoms with Gasteiger partial charge in [-0.1, -0.05) is 0 Å². The second kappa shape index (κ2) is 3.48. The Morgan fingerprint density at radius 2 is 2.00 bits per heavy atom. The third-order valence-electron chi connectivity index (χ3n) is 1.83. The summed E-state index contributed by atoms with van der Waals surface area (Å²) < 4.78 is 16.1. The zero-order valence-corrected chi connectivity index (χ0v) is 9.38. The number of ether oxygens (including phenoxy) is 1. The van der Waals surface area contributed by atoms with E-state index >= 15 is 0 Å². The maximum absolute atomic E-state index is 11.4. The molecule has 0 aromatic carbocycles. The molecule has 0 aromatic heterocycles. The number of hydrogen-bond acceptors (Lipinski definition) is 5. The quantitative estimate of drug-likeness (QED) is 0.500. The van der Waals surface area contributed by atoms with Gasteiger partial charge in [0.15, 0.2) is 0 Å². The molecule has 1 rings (SSSR count). The van der Waals surface area contributed by atoms with Gasteiger partial charge >= 0.3 is 77.9 Å². The summed E-state index contributed by atoms with van der Waals surface area (Å²) in [5, 5.41) is 18.5. The summed E-state index contributed by atoms with van der Waals surface area (Å²) in [6.07, 6.45) is -3.52. The van der Waals surface area contributed by atoms with Crippen molar-refractivity contribution < 1.29 is 23.5 Å². The number of carbonyl (C=O) groups is 1. The van der Waals surface area contributed by atoms with E-state index in [0.717, 1.165) is 0 Å². The van der Waals surface area contributed by atoms with Gasteiger partial charge in [-0.25, -0.2) is 0 Å². The Morgan fingerprint density at radius 1 is 1.46 bits per heavy atom. The molecule has 0 aromatic rings. The predicted molar refractivity (Wildman–Crippen MR) is 44.9 cm³/mol. The number of esters is 1. The van der Waals surface area contributed by atoms with Gasteiger partial charge in [0.25, 0.3) is 0 Å². The van der Waals surface area contributed by atoms with Crippen LogP contribution in [0.15, 0.2) is 0 Å². The van der Waals surface area contributed by atoms with Crippen LogP contribution in [0.1, 0.15) is 0 Å². The molecule has 1 aliphatic heterocycles. The van der Waals surface area contributed by atoms with Gasteiger partial charge in [0.2, 0.25) is 0 Å². The standard InChI is InChI=1S/C7H13AsO5/c1-8(2,12)3-4-5(9)6(10)7(11)13-4/h4-6,9-10H,3H2,1-2H3/t4-,5-,6-/m1/s1. The molecule has 1 heterocycles. The predicted octanol–water partition coefficient (Wildman–Crippen LogP) is -0.731. The molecule has 0 saturated carbocycles. The normalized spacial score (nSPS) is 34.8. The Bertz CT molecular complexity index is 258. The van der Waals surface area contributed by atoms with Gasteiger partial charge in [0.1, 0.15) is 0 Å². The SMILES string of the molecule is C[As](C)(=O)C[C@H]1OC(=O)[C@H](O)[C@@H]1O. The molecule has 3 atom stereocenters. The first-order valence-corrected chi connectivity index (χ1v) is 9.76. The van der Waals surface area contributed by atoms with Gasteiger partial charge < -0.3 is 0 Å². The van der Waals surface area contributed by atoms with Crippen LogP contribution in [-0.2, 0) is 13.3 Å². The van der Waals surface area contributed by atoms with Crippen LogP contribution in [0.25, 0.3) is 0 Å². The number of hydrogen-bond donors (Lipinski definition) is 2. The minimum absolute atomic E-state index is 0.169. The molecule has 76 valence electrons. The molecule has 0 bridgehead atoms. The number of aliphatic hydroxyl groups is 2. The van der Waals surface area contributed by atoms with E-state index in [1.807, 2.05) is 0 Å². The molecular weight excluding hydrogens is 239 g/mol. The molecule has 0 unspecified atom stereocenters. The van der Waals surface area contributed by atoms with E-state index in [0.29, 0.717) is 0 Å². The van der Waals surface area contributed by atoms with Crippen molar-refractivity contribution >= 4 is 19.5 Å². The number of cyclic esters (lactones) is 1. The van der Waals surface area contributed by atoms with Crippen LogP contribution in [0, 0.1) is 0 Å². The fourth-order valence-corrected chi connectivity index (χ4v) is 3.64. The summed E-state index contributed by atoms with van der Waals surface area (Å²) in [4.78, 5) is 10.8. The van der Waals surface area contributed by atoms with Crippen LogP contribution >= 0.6 is 0 Å². The Balaban J connectivity index is 2.64. The van der Waals surface area contributed by atoms with Crippen molar-refractivity contribution in [2.24, 2.45) is 0 Å². The van der Waals surface area contributed by atoms with Gasteiger partial charge in [0.05, 0.1) is 0 Å². The third kappa shape index (κ3) is 2.59. The van der Waals surface area contributed by atoms with Gasteiger partial charge in [-0.2, -0.15) is 0 Å². The van der Waals surface area contributed by atoms with Crippen molar-refractivity contribution in [3.8, 4) is 0 Å². The molecule has 2 N–H and O–H groups in total. The number of carbonyl (C=O) groups excluding carboxylic acids is 1. The average Bonchev–Trinajstić information content (AvgIpc) is 2.15. The Hall–Kier alpha value is -0.252. The van der Waals surface area contributed by atoms with Crippen LogP contribution in [0.3, 0.4) is 0 Å². The van der Waals surface area contributed by atoms with E-state index in [4.69, 9.17) is 5.11 Å². The molecule has 5 nitrogen and oxygen atoms in total. The summed E-state index contributed by atoms with van der Waals surface area (Å²) in [5.41, 5.74) is 3.20. The molecule has 0 spiro atoms. The van der Waals surface area contributed by atoms with E-state index < -0.39 is 37.8 Å². The molecule has 1 aliphatic rings. The summed E-state index contributed by atoms with van der Waals surface area (Å²) in [5.74, 6) is -0.832. The van der Waals surface area contributed by atoms with E-state index in [9.17, 15) is 13.6 Å². The second-order valence-electron chi connectivity index (χ2n) is 3.67. The van der Waals surface area contributed by atoms with E-state index in [1.54, 1.807) is 11.4 Å². The zero-order chi connectivity index (χ0) is 10.2. The van der Waals surface area contributed by atoms with Crippen molar-refractivity contribution in [1.82, 2.24) is 0 Å². The van der Waals surface area contributed by atoms with Crippen molar-refractivity contribution in [2.45, 2.75) is 34.9 Å². The fourth-order valence-electron chi connectivity index (χ4n) is 1.21. The molecule has 13 heavy (non-hydrogen) atoms. The Kier molecular flexibility index (Phi) is 2.90. The summed E-state index contributed by atoms with van der Waals surface area (Å²) in [7, 11) is 0. The minimum atomic E-state index is -2.94. The van der Waals surface area contributed by atoms with Crippen molar-refractivity contribution in [3.05, 3.63) is 0 Å².